The fraction of sp³-hybridized carbons (Fsp3) is 0.550. The van der Waals surface area contributed by atoms with Crippen LogP contribution in [-0.4, -0.2) is 49.1 Å². The van der Waals surface area contributed by atoms with Gasteiger partial charge >= 0.3 is 0 Å². The Bertz CT molecular complexity index is 614. The van der Waals surface area contributed by atoms with Crippen molar-refractivity contribution in [3.05, 3.63) is 47.5 Å². The first kappa shape index (κ1) is 21.5. The standard InChI is InChI=1S/C20H29ClN4.HI/c1-3-10-25-11-8-17(9-12-25)23-20(22-4-2)24-19-14-18(19)15-6-5-7-16(21)13-15;/h3,5-7,13,17-19H,1,4,8-12,14H2,2H3,(H2,22,23,24);1H. The second kappa shape index (κ2) is 10.5. The molecule has 0 aromatic heterocycles. The monoisotopic (exact) mass is 488 g/mol. The third-order valence-electron chi connectivity index (χ3n) is 5.02. The van der Waals surface area contributed by atoms with E-state index in [-0.39, 0.29) is 24.0 Å². The number of guanidine groups is 1. The summed E-state index contributed by atoms with van der Waals surface area (Å²) in [6.45, 7) is 9.94. The summed E-state index contributed by atoms with van der Waals surface area (Å²) >= 11 is 6.12. The lowest BCUT2D eigenvalue weighted by atomic mass is 10.1. The van der Waals surface area contributed by atoms with E-state index in [1.165, 1.54) is 5.56 Å². The Balaban J connectivity index is 0.00000243. The molecule has 0 amide bonds. The summed E-state index contributed by atoms with van der Waals surface area (Å²) in [5, 5.41) is 8.06. The molecule has 144 valence electrons. The number of hydrogen-bond acceptors (Lipinski definition) is 2. The molecule has 2 fully saturated rings. The van der Waals surface area contributed by atoms with E-state index in [2.05, 4.69) is 46.2 Å². The van der Waals surface area contributed by atoms with Crippen LogP contribution in [0, 0.1) is 0 Å². The highest BCUT2D eigenvalue weighted by atomic mass is 127. The predicted octanol–water partition coefficient (Wildman–Crippen LogP) is 4.02. The molecule has 2 unspecified atom stereocenters. The molecule has 1 heterocycles. The summed E-state index contributed by atoms with van der Waals surface area (Å²) < 4.78 is 0. The van der Waals surface area contributed by atoms with Crippen molar-refractivity contribution in [1.82, 2.24) is 15.5 Å². The summed E-state index contributed by atoms with van der Waals surface area (Å²) in [5.74, 6) is 1.50. The molecule has 26 heavy (non-hydrogen) atoms. The second-order valence-corrected chi connectivity index (χ2v) is 7.42. The molecule has 0 radical (unpaired) electrons. The van der Waals surface area contributed by atoms with Crippen LogP contribution in [0.4, 0.5) is 0 Å². The number of benzene rings is 1. The van der Waals surface area contributed by atoms with Gasteiger partial charge < -0.3 is 10.6 Å². The molecule has 4 nitrogen and oxygen atoms in total. The van der Waals surface area contributed by atoms with Crippen molar-refractivity contribution in [1.29, 1.82) is 0 Å². The third kappa shape index (κ3) is 6.13. The SMILES string of the molecule is C=CCN1CCC(NC(=NCC)NC2CC2c2cccc(Cl)c2)CC1.I. The van der Waals surface area contributed by atoms with E-state index >= 15 is 0 Å². The zero-order valence-electron chi connectivity index (χ0n) is 15.5. The van der Waals surface area contributed by atoms with Gasteiger partial charge in [0, 0.05) is 49.2 Å². The lowest BCUT2D eigenvalue weighted by Crippen LogP contribution is -2.49. The van der Waals surface area contributed by atoms with Gasteiger partial charge in [-0.15, -0.1) is 30.6 Å². The zero-order chi connectivity index (χ0) is 17.6. The molecule has 1 saturated heterocycles. The maximum Gasteiger partial charge on any atom is 0.191 e. The number of halogens is 2. The van der Waals surface area contributed by atoms with E-state index in [4.69, 9.17) is 11.6 Å². The molecule has 1 aromatic carbocycles. The first-order valence-corrected chi connectivity index (χ1v) is 9.73. The minimum absolute atomic E-state index is 0. The van der Waals surface area contributed by atoms with E-state index in [1.54, 1.807) is 0 Å². The van der Waals surface area contributed by atoms with Gasteiger partial charge in [-0.25, -0.2) is 0 Å². The molecule has 1 saturated carbocycles. The van der Waals surface area contributed by atoms with Gasteiger partial charge in [-0.05, 0) is 43.9 Å². The highest BCUT2D eigenvalue weighted by molar-refractivity contribution is 14.0. The van der Waals surface area contributed by atoms with Crippen LogP contribution in [0.15, 0.2) is 41.9 Å². The van der Waals surface area contributed by atoms with Gasteiger partial charge in [0.05, 0.1) is 0 Å². The number of hydrogen-bond donors (Lipinski definition) is 2. The van der Waals surface area contributed by atoms with Gasteiger partial charge in [0.25, 0.3) is 0 Å². The zero-order valence-corrected chi connectivity index (χ0v) is 18.5. The van der Waals surface area contributed by atoms with Crippen molar-refractivity contribution in [3.63, 3.8) is 0 Å². The molecular weight excluding hydrogens is 459 g/mol. The number of likely N-dealkylation sites (tertiary alicyclic amines) is 1. The molecule has 2 aliphatic rings. The van der Waals surface area contributed by atoms with Crippen LogP contribution in [0.25, 0.3) is 0 Å². The van der Waals surface area contributed by atoms with Gasteiger partial charge in [0.2, 0.25) is 0 Å². The smallest absolute Gasteiger partial charge is 0.191 e. The van der Waals surface area contributed by atoms with Crippen molar-refractivity contribution >= 4 is 41.5 Å². The summed E-state index contributed by atoms with van der Waals surface area (Å²) in [5.41, 5.74) is 1.32. The van der Waals surface area contributed by atoms with E-state index in [9.17, 15) is 0 Å². The highest BCUT2D eigenvalue weighted by Gasteiger charge is 2.39. The van der Waals surface area contributed by atoms with Gasteiger partial charge in [-0.1, -0.05) is 29.8 Å². The largest absolute Gasteiger partial charge is 0.354 e. The normalized spacial score (nSPS) is 23.8. The highest BCUT2D eigenvalue weighted by Crippen LogP contribution is 2.41. The van der Waals surface area contributed by atoms with Crippen molar-refractivity contribution < 1.29 is 0 Å². The van der Waals surface area contributed by atoms with Gasteiger partial charge in [-0.2, -0.15) is 0 Å². The molecular formula is C20H30ClIN4. The lowest BCUT2D eigenvalue weighted by molar-refractivity contribution is 0.225. The van der Waals surface area contributed by atoms with Crippen molar-refractivity contribution in [2.24, 2.45) is 4.99 Å². The molecule has 1 aliphatic carbocycles. The molecule has 0 spiro atoms. The third-order valence-corrected chi connectivity index (χ3v) is 5.26. The molecule has 1 aliphatic heterocycles. The van der Waals surface area contributed by atoms with E-state index in [0.29, 0.717) is 18.0 Å². The van der Waals surface area contributed by atoms with Crippen LogP contribution >= 0.6 is 35.6 Å². The minimum atomic E-state index is 0. The van der Waals surface area contributed by atoms with Crippen LogP contribution in [-0.2, 0) is 0 Å². The van der Waals surface area contributed by atoms with Gasteiger partial charge in [-0.3, -0.25) is 9.89 Å². The van der Waals surface area contributed by atoms with Crippen LogP contribution in [0.3, 0.4) is 0 Å². The number of nitrogens with zero attached hydrogens (tertiary/aromatic N) is 2. The van der Waals surface area contributed by atoms with Gasteiger partial charge in [0.15, 0.2) is 5.96 Å². The minimum Gasteiger partial charge on any atom is -0.354 e. The van der Waals surface area contributed by atoms with Crippen molar-refractivity contribution in [2.75, 3.05) is 26.2 Å². The first-order chi connectivity index (χ1) is 12.2. The van der Waals surface area contributed by atoms with Crippen molar-refractivity contribution in [3.8, 4) is 0 Å². The summed E-state index contributed by atoms with van der Waals surface area (Å²) in [7, 11) is 0. The van der Waals surface area contributed by atoms with E-state index in [1.807, 2.05) is 18.2 Å². The Morgan fingerprint density at radius 3 is 2.77 bits per heavy atom. The summed E-state index contributed by atoms with van der Waals surface area (Å²) in [6, 6.07) is 9.16. The summed E-state index contributed by atoms with van der Waals surface area (Å²) in [6.07, 6.45) is 5.44. The molecule has 0 bridgehead atoms. The Labute approximate surface area is 179 Å². The van der Waals surface area contributed by atoms with Crippen LogP contribution in [0.5, 0.6) is 0 Å². The molecule has 3 rings (SSSR count). The average Bonchev–Trinajstić information content (AvgIpc) is 3.36. The van der Waals surface area contributed by atoms with Gasteiger partial charge in [0.1, 0.15) is 0 Å². The number of piperidine rings is 1. The first-order valence-electron chi connectivity index (χ1n) is 9.35. The molecule has 6 heteroatoms. The second-order valence-electron chi connectivity index (χ2n) is 6.98. The van der Waals surface area contributed by atoms with Crippen LogP contribution in [0.2, 0.25) is 5.02 Å². The number of aliphatic imine (C=N–C) groups is 1. The Hall–Kier alpha value is -0.790. The van der Waals surface area contributed by atoms with Crippen LogP contribution in [0.1, 0.15) is 37.7 Å². The van der Waals surface area contributed by atoms with Crippen LogP contribution < -0.4 is 10.6 Å². The fourth-order valence-corrected chi connectivity index (χ4v) is 3.76. The Morgan fingerprint density at radius 2 is 2.12 bits per heavy atom. The van der Waals surface area contributed by atoms with Crippen molar-refractivity contribution in [2.45, 2.75) is 44.2 Å². The maximum absolute atomic E-state index is 6.12. The number of rotatable bonds is 6. The maximum atomic E-state index is 6.12. The number of nitrogens with one attached hydrogen (secondary N) is 2. The van der Waals surface area contributed by atoms with E-state index < -0.39 is 0 Å². The Kier molecular flexibility index (Phi) is 8.70. The van der Waals surface area contributed by atoms with E-state index in [0.717, 1.165) is 56.4 Å². The Morgan fingerprint density at radius 1 is 1.35 bits per heavy atom. The molecule has 2 atom stereocenters. The molecule has 1 aromatic rings. The predicted molar refractivity (Wildman–Crippen MR) is 122 cm³/mol. The lowest BCUT2D eigenvalue weighted by Gasteiger charge is -2.32. The summed E-state index contributed by atoms with van der Waals surface area (Å²) in [4.78, 5) is 7.09. The quantitative estimate of drug-likeness (QED) is 0.275. The topological polar surface area (TPSA) is 39.7 Å². The average molecular weight is 489 g/mol. The fourth-order valence-electron chi connectivity index (χ4n) is 3.56. The molecule has 2 N–H and O–H groups in total.